The molecule has 1 saturated heterocycles. The number of pyridine rings is 1. The zero-order valence-corrected chi connectivity index (χ0v) is 19.3. The summed E-state index contributed by atoms with van der Waals surface area (Å²) in [5, 5.41) is 3.78. The Bertz CT molecular complexity index is 1430. The molecule has 0 spiro atoms. The second-order valence-electron chi connectivity index (χ2n) is 8.09. The van der Waals surface area contributed by atoms with Crippen LogP contribution in [0.3, 0.4) is 0 Å². The zero-order chi connectivity index (χ0) is 23.5. The number of anilines is 2. The van der Waals surface area contributed by atoms with Gasteiger partial charge in [0.05, 0.1) is 16.1 Å². The summed E-state index contributed by atoms with van der Waals surface area (Å²) in [5.41, 5.74) is 2.62. The van der Waals surface area contributed by atoms with E-state index in [2.05, 4.69) is 15.2 Å². The van der Waals surface area contributed by atoms with Gasteiger partial charge in [-0.1, -0.05) is 42.5 Å². The van der Waals surface area contributed by atoms with Gasteiger partial charge in [-0.15, -0.1) is 0 Å². The highest BCUT2D eigenvalue weighted by Gasteiger charge is 2.29. The van der Waals surface area contributed by atoms with Crippen molar-refractivity contribution >= 4 is 38.2 Å². The van der Waals surface area contributed by atoms with Crippen molar-refractivity contribution in [2.45, 2.75) is 4.90 Å². The average Bonchev–Trinajstić information content (AvgIpc) is 2.89. The summed E-state index contributed by atoms with van der Waals surface area (Å²) < 4.78 is 28.1. The molecular weight excluding hydrogens is 448 g/mol. The number of rotatable bonds is 5. The van der Waals surface area contributed by atoms with Gasteiger partial charge < -0.3 is 10.2 Å². The molecule has 0 unspecified atom stereocenters. The largest absolute Gasteiger partial charge is 0.369 e. The number of carbonyl (C=O) groups excluding carboxylic acids is 1. The number of para-hydroxylation sites is 2. The molecule has 0 aliphatic carbocycles. The van der Waals surface area contributed by atoms with Crippen LogP contribution in [-0.2, 0) is 10.0 Å². The molecule has 172 valence electrons. The van der Waals surface area contributed by atoms with Crippen molar-refractivity contribution in [1.29, 1.82) is 0 Å². The Morgan fingerprint density at radius 1 is 0.824 bits per heavy atom. The van der Waals surface area contributed by atoms with Crippen molar-refractivity contribution in [3.05, 3.63) is 96.7 Å². The van der Waals surface area contributed by atoms with Gasteiger partial charge in [-0.25, -0.2) is 8.42 Å². The molecule has 7 nitrogen and oxygen atoms in total. The van der Waals surface area contributed by atoms with Crippen LogP contribution < -0.4 is 10.2 Å². The molecule has 4 aromatic rings. The number of piperazine rings is 1. The summed E-state index contributed by atoms with van der Waals surface area (Å²) in [6.07, 6.45) is 1.67. The number of nitrogens with zero attached hydrogens (tertiary/aromatic N) is 3. The quantitative estimate of drug-likeness (QED) is 0.475. The van der Waals surface area contributed by atoms with Crippen molar-refractivity contribution < 1.29 is 13.2 Å². The van der Waals surface area contributed by atoms with Crippen molar-refractivity contribution in [3.63, 3.8) is 0 Å². The van der Waals surface area contributed by atoms with E-state index < -0.39 is 10.0 Å². The Morgan fingerprint density at radius 3 is 2.35 bits per heavy atom. The molecule has 2 heterocycles. The number of benzene rings is 3. The minimum Gasteiger partial charge on any atom is -0.369 e. The number of hydrogen-bond acceptors (Lipinski definition) is 5. The molecule has 0 saturated carbocycles. The van der Waals surface area contributed by atoms with Gasteiger partial charge in [0.2, 0.25) is 10.0 Å². The van der Waals surface area contributed by atoms with Gasteiger partial charge >= 0.3 is 0 Å². The van der Waals surface area contributed by atoms with E-state index in [1.807, 2.05) is 54.6 Å². The molecular formula is C26H24N4O3S. The molecule has 1 N–H and O–H groups in total. The summed E-state index contributed by atoms with van der Waals surface area (Å²) in [5.74, 6) is -0.385. The van der Waals surface area contributed by atoms with Crippen LogP contribution in [0.5, 0.6) is 0 Å². The standard InChI is InChI=1S/C26H24N4O3S/c31-26(28-24-13-5-7-20-9-6-14-27-25(20)24)21-8-4-12-23(19-21)34(32,33)30-17-15-29(16-18-30)22-10-2-1-3-11-22/h1-14,19H,15-18H2,(H,28,31). The number of hydrogen-bond donors (Lipinski definition) is 1. The smallest absolute Gasteiger partial charge is 0.255 e. The second kappa shape index (κ2) is 9.24. The van der Waals surface area contributed by atoms with Gasteiger partial charge in [-0.05, 0) is 42.5 Å². The first-order valence-electron chi connectivity index (χ1n) is 11.1. The highest BCUT2D eigenvalue weighted by Crippen LogP contribution is 2.24. The Kier molecular flexibility index (Phi) is 6.00. The van der Waals surface area contributed by atoms with Crippen LogP contribution >= 0.6 is 0 Å². The monoisotopic (exact) mass is 472 g/mol. The van der Waals surface area contributed by atoms with E-state index in [0.29, 0.717) is 37.4 Å². The predicted molar refractivity (Wildman–Crippen MR) is 134 cm³/mol. The van der Waals surface area contributed by atoms with Crippen LogP contribution in [0, 0.1) is 0 Å². The minimum atomic E-state index is -3.72. The van der Waals surface area contributed by atoms with Gasteiger partial charge in [-0.3, -0.25) is 9.78 Å². The maximum Gasteiger partial charge on any atom is 0.255 e. The van der Waals surface area contributed by atoms with Gasteiger partial charge in [0.1, 0.15) is 0 Å². The highest BCUT2D eigenvalue weighted by molar-refractivity contribution is 7.89. The Hall–Kier alpha value is -3.75. The number of carbonyl (C=O) groups is 1. The SMILES string of the molecule is O=C(Nc1cccc2cccnc12)c1cccc(S(=O)(=O)N2CCN(c3ccccc3)CC2)c1. The first kappa shape index (κ1) is 22.1. The van der Waals surface area contributed by atoms with E-state index in [-0.39, 0.29) is 16.4 Å². The van der Waals surface area contributed by atoms with Gasteiger partial charge in [0, 0.05) is 49.0 Å². The Labute approximate surface area is 198 Å². The van der Waals surface area contributed by atoms with Gasteiger partial charge in [0.25, 0.3) is 5.91 Å². The molecule has 0 radical (unpaired) electrons. The molecule has 3 aromatic carbocycles. The molecule has 34 heavy (non-hydrogen) atoms. The molecule has 0 atom stereocenters. The van der Waals surface area contributed by atoms with Crippen LogP contribution in [0.25, 0.3) is 10.9 Å². The van der Waals surface area contributed by atoms with Crippen molar-refractivity contribution in [2.75, 3.05) is 36.4 Å². The molecule has 1 aromatic heterocycles. The third-order valence-electron chi connectivity index (χ3n) is 5.97. The van der Waals surface area contributed by atoms with E-state index in [1.165, 1.54) is 16.4 Å². The molecule has 5 rings (SSSR count). The lowest BCUT2D eigenvalue weighted by molar-refractivity contribution is 0.102. The van der Waals surface area contributed by atoms with Gasteiger partial charge in [0.15, 0.2) is 0 Å². The van der Waals surface area contributed by atoms with Crippen LogP contribution in [0.1, 0.15) is 10.4 Å². The van der Waals surface area contributed by atoms with Crippen LogP contribution in [0.4, 0.5) is 11.4 Å². The number of nitrogens with one attached hydrogen (secondary N) is 1. The summed E-state index contributed by atoms with van der Waals surface area (Å²) in [6.45, 7) is 1.99. The van der Waals surface area contributed by atoms with E-state index in [9.17, 15) is 13.2 Å². The van der Waals surface area contributed by atoms with Crippen LogP contribution in [-0.4, -0.2) is 49.8 Å². The van der Waals surface area contributed by atoms with E-state index in [1.54, 1.807) is 24.4 Å². The lowest BCUT2D eigenvalue weighted by Gasteiger charge is -2.35. The molecule has 1 aliphatic rings. The minimum absolute atomic E-state index is 0.115. The predicted octanol–water partition coefficient (Wildman–Crippen LogP) is 4.00. The van der Waals surface area contributed by atoms with E-state index in [4.69, 9.17) is 0 Å². The number of fused-ring (bicyclic) bond motifs is 1. The first-order chi connectivity index (χ1) is 16.5. The zero-order valence-electron chi connectivity index (χ0n) is 18.5. The van der Waals surface area contributed by atoms with E-state index >= 15 is 0 Å². The lowest BCUT2D eigenvalue weighted by Crippen LogP contribution is -2.48. The van der Waals surface area contributed by atoms with Crippen molar-refractivity contribution in [3.8, 4) is 0 Å². The van der Waals surface area contributed by atoms with Crippen LogP contribution in [0.2, 0.25) is 0 Å². The molecule has 0 bridgehead atoms. The fourth-order valence-corrected chi connectivity index (χ4v) is 5.64. The molecule has 1 amide bonds. The number of amides is 1. The van der Waals surface area contributed by atoms with E-state index in [0.717, 1.165) is 11.1 Å². The average molecular weight is 473 g/mol. The van der Waals surface area contributed by atoms with Crippen molar-refractivity contribution in [2.24, 2.45) is 0 Å². The normalized spacial score (nSPS) is 14.8. The summed E-state index contributed by atoms with van der Waals surface area (Å²) in [7, 11) is -3.72. The third kappa shape index (κ3) is 4.37. The summed E-state index contributed by atoms with van der Waals surface area (Å²) in [6, 6.07) is 25.4. The summed E-state index contributed by atoms with van der Waals surface area (Å²) in [4.78, 5) is 19.6. The topological polar surface area (TPSA) is 82.6 Å². The molecule has 8 heteroatoms. The van der Waals surface area contributed by atoms with Gasteiger partial charge in [-0.2, -0.15) is 4.31 Å². The molecule has 1 fully saturated rings. The maximum absolute atomic E-state index is 13.3. The Morgan fingerprint density at radius 2 is 1.56 bits per heavy atom. The lowest BCUT2D eigenvalue weighted by atomic mass is 10.1. The first-order valence-corrected chi connectivity index (χ1v) is 12.5. The molecule has 1 aliphatic heterocycles. The number of sulfonamides is 1. The number of aromatic nitrogens is 1. The highest BCUT2D eigenvalue weighted by atomic mass is 32.2. The second-order valence-corrected chi connectivity index (χ2v) is 10.0. The van der Waals surface area contributed by atoms with Crippen molar-refractivity contribution in [1.82, 2.24) is 9.29 Å². The summed E-state index contributed by atoms with van der Waals surface area (Å²) >= 11 is 0. The maximum atomic E-state index is 13.3. The van der Waals surface area contributed by atoms with Crippen LogP contribution in [0.15, 0.2) is 96.0 Å². The fourth-order valence-electron chi connectivity index (χ4n) is 4.17. The Balaban J connectivity index is 1.32. The fraction of sp³-hybridized carbons (Fsp3) is 0.154. The third-order valence-corrected chi connectivity index (χ3v) is 7.87.